The van der Waals surface area contributed by atoms with Crippen LogP contribution < -0.4 is 14.9 Å². The monoisotopic (exact) mass is 455 g/mol. The van der Waals surface area contributed by atoms with Crippen LogP contribution in [-0.4, -0.2) is 69.0 Å². The Hall–Kier alpha value is -2.24. The first kappa shape index (κ1) is 25.0. The molecule has 31 heavy (non-hydrogen) atoms. The molecule has 1 fully saturated rings. The van der Waals surface area contributed by atoms with Gasteiger partial charge in [-0.1, -0.05) is 13.8 Å². The summed E-state index contributed by atoms with van der Waals surface area (Å²) < 4.78 is 27.6. The van der Waals surface area contributed by atoms with Crippen molar-refractivity contribution in [2.75, 3.05) is 44.2 Å². The standard InChI is InChI=1S/C20H33N5O5S/c1-15(2)13-21-19(26)14-23-8-10-24(11-9-23)17-7-6-16(12-18(17)25(27)28)31(29,30)22-20(3,4)5/h6-7,12,15,22H,8-11,13-14H2,1-5H3,(H,21,26). The molecule has 0 atom stereocenters. The van der Waals surface area contributed by atoms with E-state index in [0.29, 0.717) is 44.3 Å². The summed E-state index contributed by atoms with van der Waals surface area (Å²) >= 11 is 0. The molecule has 1 heterocycles. The number of nitro groups is 1. The van der Waals surface area contributed by atoms with Crippen molar-refractivity contribution in [3.63, 3.8) is 0 Å². The maximum Gasteiger partial charge on any atom is 0.293 e. The second-order valence-electron chi connectivity index (χ2n) is 9.22. The van der Waals surface area contributed by atoms with E-state index < -0.39 is 20.5 Å². The first-order chi connectivity index (χ1) is 14.3. The quantitative estimate of drug-likeness (QED) is 0.450. The fourth-order valence-corrected chi connectivity index (χ4v) is 4.71. The SMILES string of the molecule is CC(C)CNC(=O)CN1CCN(c2ccc(S(=O)(=O)NC(C)(C)C)cc2[N+](=O)[O-])CC1. The Labute approximate surface area is 184 Å². The molecule has 1 aliphatic rings. The third kappa shape index (κ3) is 7.44. The number of nitro benzene ring substituents is 1. The van der Waals surface area contributed by atoms with Crippen molar-refractivity contribution in [2.45, 2.75) is 45.1 Å². The topological polar surface area (TPSA) is 125 Å². The second kappa shape index (κ2) is 9.92. The highest BCUT2D eigenvalue weighted by atomic mass is 32.2. The van der Waals surface area contributed by atoms with Gasteiger partial charge in [0, 0.05) is 44.3 Å². The molecule has 174 valence electrons. The highest BCUT2D eigenvalue weighted by Crippen LogP contribution is 2.31. The Bertz CT molecular complexity index is 903. The van der Waals surface area contributed by atoms with Crippen molar-refractivity contribution in [3.05, 3.63) is 28.3 Å². The van der Waals surface area contributed by atoms with Gasteiger partial charge >= 0.3 is 0 Å². The van der Waals surface area contributed by atoms with E-state index in [4.69, 9.17) is 0 Å². The summed E-state index contributed by atoms with van der Waals surface area (Å²) in [6.45, 7) is 12.3. The first-order valence-corrected chi connectivity index (χ1v) is 11.8. The summed E-state index contributed by atoms with van der Waals surface area (Å²) in [4.78, 5) is 26.8. The van der Waals surface area contributed by atoms with Gasteiger partial charge in [0.15, 0.2) is 0 Å². The molecule has 0 saturated carbocycles. The molecule has 0 unspecified atom stereocenters. The number of carbonyl (C=O) groups excluding carboxylic acids is 1. The molecule has 2 rings (SSSR count). The zero-order valence-corrected chi connectivity index (χ0v) is 19.7. The smallest absolute Gasteiger partial charge is 0.293 e. The molecule has 1 amide bonds. The Kier molecular flexibility index (Phi) is 8.01. The zero-order valence-electron chi connectivity index (χ0n) is 18.8. The van der Waals surface area contributed by atoms with E-state index in [-0.39, 0.29) is 23.0 Å². The van der Waals surface area contributed by atoms with Crippen molar-refractivity contribution in [1.29, 1.82) is 0 Å². The number of nitrogens with zero attached hydrogens (tertiary/aromatic N) is 3. The largest absolute Gasteiger partial charge is 0.363 e. The van der Waals surface area contributed by atoms with Crippen LogP contribution in [0.2, 0.25) is 0 Å². The van der Waals surface area contributed by atoms with E-state index in [0.717, 1.165) is 6.07 Å². The van der Waals surface area contributed by atoms with Crippen molar-refractivity contribution in [1.82, 2.24) is 14.9 Å². The predicted octanol–water partition coefficient (Wildman–Crippen LogP) is 1.57. The van der Waals surface area contributed by atoms with Crippen LogP contribution in [0.1, 0.15) is 34.6 Å². The van der Waals surface area contributed by atoms with Gasteiger partial charge in [0.05, 0.1) is 16.4 Å². The number of hydrogen-bond acceptors (Lipinski definition) is 7. The molecule has 1 aromatic rings. The summed E-state index contributed by atoms with van der Waals surface area (Å²) in [5, 5.41) is 14.6. The van der Waals surface area contributed by atoms with Gasteiger partial charge in [-0.2, -0.15) is 0 Å². The molecule has 11 heteroatoms. The van der Waals surface area contributed by atoms with Crippen LogP contribution in [0.15, 0.2) is 23.1 Å². The number of sulfonamides is 1. The Morgan fingerprint density at radius 2 is 1.81 bits per heavy atom. The second-order valence-corrected chi connectivity index (χ2v) is 10.9. The Morgan fingerprint density at radius 3 is 2.32 bits per heavy atom. The van der Waals surface area contributed by atoms with Crippen molar-refractivity contribution in [2.24, 2.45) is 5.92 Å². The molecule has 0 radical (unpaired) electrons. The highest BCUT2D eigenvalue weighted by molar-refractivity contribution is 7.89. The number of benzene rings is 1. The fourth-order valence-electron chi connectivity index (χ4n) is 3.27. The molecule has 0 aliphatic carbocycles. The molecular formula is C20H33N5O5S. The third-order valence-electron chi connectivity index (χ3n) is 4.68. The van der Waals surface area contributed by atoms with Crippen LogP contribution in [0.4, 0.5) is 11.4 Å². The minimum Gasteiger partial charge on any atom is -0.363 e. The number of anilines is 1. The van der Waals surface area contributed by atoms with E-state index >= 15 is 0 Å². The number of rotatable bonds is 8. The van der Waals surface area contributed by atoms with Crippen molar-refractivity contribution in [3.8, 4) is 0 Å². The maximum absolute atomic E-state index is 12.6. The van der Waals surface area contributed by atoms with Crippen LogP contribution in [0, 0.1) is 16.0 Å². The average molecular weight is 456 g/mol. The fraction of sp³-hybridized carbons (Fsp3) is 0.650. The molecule has 10 nitrogen and oxygen atoms in total. The predicted molar refractivity (Wildman–Crippen MR) is 120 cm³/mol. The molecule has 1 aliphatic heterocycles. The summed E-state index contributed by atoms with van der Waals surface area (Å²) in [6.07, 6.45) is 0. The van der Waals surface area contributed by atoms with Crippen molar-refractivity contribution < 1.29 is 18.1 Å². The van der Waals surface area contributed by atoms with Gasteiger partial charge < -0.3 is 10.2 Å². The molecular weight excluding hydrogens is 422 g/mol. The normalized spacial score (nSPS) is 15.9. The lowest BCUT2D eigenvalue weighted by molar-refractivity contribution is -0.384. The minimum absolute atomic E-state index is 0.0333. The lowest BCUT2D eigenvalue weighted by Crippen LogP contribution is -2.49. The number of amides is 1. The molecule has 1 saturated heterocycles. The van der Waals surface area contributed by atoms with Crippen LogP contribution >= 0.6 is 0 Å². The van der Waals surface area contributed by atoms with Gasteiger partial charge in [0.2, 0.25) is 15.9 Å². The van der Waals surface area contributed by atoms with E-state index in [1.165, 1.54) is 12.1 Å². The average Bonchev–Trinajstić information content (AvgIpc) is 2.64. The van der Waals surface area contributed by atoms with Gasteiger partial charge in [-0.05, 0) is 38.8 Å². The van der Waals surface area contributed by atoms with Gasteiger partial charge in [-0.15, -0.1) is 0 Å². The van der Waals surface area contributed by atoms with Gasteiger partial charge in [-0.3, -0.25) is 19.8 Å². The number of carbonyl (C=O) groups is 1. The lowest BCUT2D eigenvalue weighted by atomic mass is 10.1. The van der Waals surface area contributed by atoms with Crippen LogP contribution in [-0.2, 0) is 14.8 Å². The van der Waals surface area contributed by atoms with E-state index in [2.05, 4.69) is 10.0 Å². The van der Waals surface area contributed by atoms with Gasteiger partial charge in [0.25, 0.3) is 5.69 Å². The molecule has 0 bridgehead atoms. The Morgan fingerprint density at radius 1 is 1.19 bits per heavy atom. The Balaban J connectivity index is 2.10. The van der Waals surface area contributed by atoms with E-state index in [1.54, 1.807) is 20.8 Å². The van der Waals surface area contributed by atoms with Crippen LogP contribution in [0.5, 0.6) is 0 Å². The zero-order chi connectivity index (χ0) is 23.4. The van der Waals surface area contributed by atoms with Crippen LogP contribution in [0.25, 0.3) is 0 Å². The van der Waals surface area contributed by atoms with Crippen LogP contribution in [0.3, 0.4) is 0 Å². The molecule has 0 aromatic heterocycles. The summed E-state index contributed by atoms with van der Waals surface area (Å²) in [7, 11) is -3.88. The number of nitrogens with one attached hydrogen (secondary N) is 2. The number of hydrogen-bond donors (Lipinski definition) is 2. The van der Waals surface area contributed by atoms with Gasteiger partial charge in [-0.25, -0.2) is 13.1 Å². The lowest BCUT2D eigenvalue weighted by Gasteiger charge is -2.35. The van der Waals surface area contributed by atoms with E-state index in [9.17, 15) is 23.3 Å². The van der Waals surface area contributed by atoms with Crippen molar-refractivity contribution >= 4 is 27.3 Å². The van der Waals surface area contributed by atoms with E-state index in [1.807, 2.05) is 23.6 Å². The summed E-state index contributed by atoms with van der Waals surface area (Å²) in [6, 6.07) is 3.98. The summed E-state index contributed by atoms with van der Waals surface area (Å²) in [5.74, 6) is 0.348. The highest BCUT2D eigenvalue weighted by Gasteiger charge is 2.28. The summed E-state index contributed by atoms with van der Waals surface area (Å²) in [5.41, 5.74) is -0.576. The van der Waals surface area contributed by atoms with Gasteiger partial charge in [0.1, 0.15) is 5.69 Å². The molecule has 0 spiro atoms. The maximum atomic E-state index is 12.6. The number of piperazine rings is 1. The molecule has 2 N–H and O–H groups in total. The third-order valence-corrected chi connectivity index (χ3v) is 6.44. The first-order valence-electron chi connectivity index (χ1n) is 10.3. The minimum atomic E-state index is -3.88. The molecule has 1 aromatic carbocycles.